The summed E-state index contributed by atoms with van der Waals surface area (Å²) in [5.74, 6) is -2.59. The topological polar surface area (TPSA) is 80.3 Å². The van der Waals surface area contributed by atoms with Gasteiger partial charge in [-0.05, 0) is 25.5 Å². The van der Waals surface area contributed by atoms with Gasteiger partial charge >= 0.3 is 0 Å². The van der Waals surface area contributed by atoms with Crippen LogP contribution in [0.4, 0.5) is 8.78 Å². The molecule has 112 valence electrons. The van der Waals surface area contributed by atoms with Crippen molar-refractivity contribution in [3.63, 3.8) is 0 Å². The fourth-order valence-corrected chi connectivity index (χ4v) is 5.84. The number of sulfone groups is 1. The van der Waals surface area contributed by atoms with E-state index in [2.05, 4.69) is 4.72 Å². The molecule has 1 fully saturated rings. The second-order valence-corrected chi connectivity index (χ2v) is 8.92. The second-order valence-electron chi connectivity index (χ2n) is 5.08. The summed E-state index contributed by atoms with van der Waals surface area (Å²) in [5.41, 5.74) is -1.18. The number of hydrogen-bond acceptors (Lipinski definition) is 4. The summed E-state index contributed by atoms with van der Waals surface area (Å²) in [6.45, 7) is 1.44. The summed E-state index contributed by atoms with van der Waals surface area (Å²) in [6, 6.07) is 2.09. The lowest BCUT2D eigenvalue weighted by molar-refractivity contribution is 0.458. The quantitative estimate of drug-likeness (QED) is 0.892. The Kier molecular flexibility index (Phi) is 3.64. The summed E-state index contributed by atoms with van der Waals surface area (Å²) in [4.78, 5) is -0.704. The average Bonchev–Trinajstić information content (AvgIpc) is 2.50. The van der Waals surface area contributed by atoms with Crippen LogP contribution in [0.25, 0.3) is 0 Å². The Morgan fingerprint density at radius 3 is 2.45 bits per heavy atom. The number of rotatable bonds is 3. The van der Waals surface area contributed by atoms with E-state index in [4.69, 9.17) is 0 Å². The molecule has 2 rings (SSSR count). The molecular formula is C11H13F2NO4S2. The molecule has 1 aromatic rings. The van der Waals surface area contributed by atoms with Gasteiger partial charge in [0.1, 0.15) is 16.5 Å². The van der Waals surface area contributed by atoms with E-state index in [1.54, 1.807) is 0 Å². The monoisotopic (exact) mass is 325 g/mol. The summed E-state index contributed by atoms with van der Waals surface area (Å²) < 4.78 is 75.5. The summed E-state index contributed by atoms with van der Waals surface area (Å²) in [6.07, 6.45) is 0.109. The van der Waals surface area contributed by atoms with Gasteiger partial charge < -0.3 is 0 Å². The van der Waals surface area contributed by atoms with Gasteiger partial charge in [0.05, 0.1) is 11.5 Å². The van der Waals surface area contributed by atoms with Gasteiger partial charge in [-0.25, -0.2) is 30.3 Å². The molecule has 0 aromatic heterocycles. The highest BCUT2D eigenvalue weighted by molar-refractivity contribution is 7.92. The zero-order chi connectivity index (χ0) is 15.2. The Morgan fingerprint density at radius 2 is 1.95 bits per heavy atom. The Bertz CT molecular complexity index is 746. The van der Waals surface area contributed by atoms with E-state index in [9.17, 15) is 25.6 Å². The molecule has 9 heteroatoms. The highest BCUT2D eigenvalue weighted by atomic mass is 32.2. The van der Waals surface area contributed by atoms with Crippen LogP contribution in [0.1, 0.15) is 13.3 Å². The van der Waals surface area contributed by atoms with E-state index in [0.717, 1.165) is 12.1 Å². The van der Waals surface area contributed by atoms with Crippen LogP contribution in [0.5, 0.6) is 0 Å². The smallest absolute Gasteiger partial charge is 0.229 e. The van der Waals surface area contributed by atoms with E-state index < -0.39 is 41.9 Å². The first-order valence-corrected chi connectivity index (χ1v) is 9.03. The predicted molar refractivity (Wildman–Crippen MR) is 68.4 cm³/mol. The van der Waals surface area contributed by atoms with Crippen LogP contribution >= 0.6 is 0 Å². The van der Waals surface area contributed by atoms with Gasteiger partial charge in [-0.3, -0.25) is 0 Å². The Balaban J connectivity index is 2.33. The highest BCUT2D eigenvalue weighted by Gasteiger charge is 2.41. The van der Waals surface area contributed by atoms with Gasteiger partial charge in [0.15, 0.2) is 9.84 Å². The molecule has 1 aliphatic rings. The molecule has 1 saturated heterocycles. The molecule has 1 aliphatic heterocycles. The lowest BCUT2D eigenvalue weighted by Crippen LogP contribution is -2.46. The van der Waals surface area contributed by atoms with Crippen LogP contribution in [0, 0.1) is 11.6 Å². The summed E-state index contributed by atoms with van der Waals surface area (Å²) in [5, 5.41) is 0. The molecular weight excluding hydrogens is 312 g/mol. The lowest BCUT2D eigenvalue weighted by atomic mass is 10.0. The molecule has 5 nitrogen and oxygen atoms in total. The number of halogens is 2. The van der Waals surface area contributed by atoms with Crippen LogP contribution in [0.15, 0.2) is 23.1 Å². The molecule has 0 aliphatic carbocycles. The van der Waals surface area contributed by atoms with Crippen molar-refractivity contribution in [1.82, 2.24) is 4.72 Å². The molecule has 0 radical (unpaired) electrons. The van der Waals surface area contributed by atoms with E-state index in [-0.39, 0.29) is 17.9 Å². The Hall–Kier alpha value is -1.06. The lowest BCUT2D eigenvalue weighted by Gasteiger charge is -2.23. The second kappa shape index (κ2) is 4.74. The first-order valence-electron chi connectivity index (χ1n) is 5.73. The van der Waals surface area contributed by atoms with Crippen LogP contribution in [-0.2, 0) is 19.9 Å². The first kappa shape index (κ1) is 15.3. The summed E-state index contributed by atoms with van der Waals surface area (Å²) >= 11 is 0. The minimum absolute atomic E-state index is 0.109. The zero-order valence-electron chi connectivity index (χ0n) is 10.6. The third-order valence-electron chi connectivity index (χ3n) is 3.07. The van der Waals surface area contributed by atoms with Gasteiger partial charge in [0, 0.05) is 11.6 Å². The van der Waals surface area contributed by atoms with E-state index in [1.807, 2.05) is 0 Å². The zero-order valence-corrected chi connectivity index (χ0v) is 12.2. The van der Waals surface area contributed by atoms with E-state index >= 15 is 0 Å². The van der Waals surface area contributed by atoms with Crippen molar-refractivity contribution in [2.45, 2.75) is 23.8 Å². The van der Waals surface area contributed by atoms with Crippen LogP contribution in [0.2, 0.25) is 0 Å². The third kappa shape index (κ3) is 3.15. The molecule has 1 N–H and O–H groups in total. The van der Waals surface area contributed by atoms with Crippen LogP contribution in [0.3, 0.4) is 0 Å². The average molecular weight is 325 g/mol. The molecule has 1 atom stereocenters. The summed E-state index contributed by atoms with van der Waals surface area (Å²) in [7, 11) is -7.56. The number of benzene rings is 1. The minimum atomic E-state index is -4.26. The Morgan fingerprint density at radius 1 is 1.30 bits per heavy atom. The predicted octanol–water partition coefficient (Wildman–Crippen LogP) is 0.820. The van der Waals surface area contributed by atoms with Crippen LogP contribution < -0.4 is 4.72 Å². The molecule has 0 spiro atoms. The fourth-order valence-electron chi connectivity index (χ4n) is 2.16. The van der Waals surface area contributed by atoms with Crippen molar-refractivity contribution in [2.24, 2.45) is 0 Å². The third-order valence-corrected chi connectivity index (χ3v) is 6.64. The standard InChI is InChI=1S/C11H13F2NO4S2/c1-11(4-5-19(15,16)7-11)14-20(17,18)10-3-2-8(12)6-9(10)13/h2-3,6,14H,4-5,7H2,1H3/t11-/m0/s1. The fraction of sp³-hybridized carbons (Fsp3) is 0.455. The maximum atomic E-state index is 13.5. The molecule has 1 heterocycles. The first-order chi connectivity index (χ1) is 9.03. The largest absolute Gasteiger partial charge is 0.244 e. The van der Waals surface area contributed by atoms with Gasteiger partial charge in [-0.2, -0.15) is 0 Å². The van der Waals surface area contributed by atoms with Crippen molar-refractivity contribution < 1.29 is 25.6 Å². The molecule has 1 aromatic carbocycles. The normalized spacial score (nSPS) is 25.8. The molecule has 20 heavy (non-hydrogen) atoms. The van der Waals surface area contributed by atoms with Gasteiger partial charge in [0.25, 0.3) is 0 Å². The molecule has 0 saturated carbocycles. The Labute approximate surface area is 116 Å². The van der Waals surface area contributed by atoms with Crippen molar-refractivity contribution in [2.75, 3.05) is 11.5 Å². The van der Waals surface area contributed by atoms with Crippen LogP contribution in [-0.4, -0.2) is 33.9 Å². The van der Waals surface area contributed by atoms with E-state index in [1.165, 1.54) is 6.92 Å². The number of nitrogens with one attached hydrogen (secondary N) is 1. The molecule has 0 unspecified atom stereocenters. The van der Waals surface area contributed by atoms with Crippen molar-refractivity contribution >= 4 is 19.9 Å². The van der Waals surface area contributed by atoms with Crippen molar-refractivity contribution in [3.8, 4) is 0 Å². The molecule has 0 amide bonds. The van der Waals surface area contributed by atoms with Gasteiger partial charge in [-0.15, -0.1) is 0 Å². The highest BCUT2D eigenvalue weighted by Crippen LogP contribution is 2.26. The van der Waals surface area contributed by atoms with Crippen molar-refractivity contribution in [1.29, 1.82) is 0 Å². The minimum Gasteiger partial charge on any atom is -0.229 e. The van der Waals surface area contributed by atoms with E-state index in [0.29, 0.717) is 6.07 Å². The molecule has 0 bridgehead atoms. The maximum absolute atomic E-state index is 13.5. The number of sulfonamides is 1. The SMILES string of the molecule is C[C@]1(NS(=O)(=O)c2ccc(F)cc2F)CCS(=O)(=O)C1. The van der Waals surface area contributed by atoms with Gasteiger partial charge in [-0.1, -0.05) is 0 Å². The van der Waals surface area contributed by atoms with Gasteiger partial charge in [0.2, 0.25) is 10.0 Å². The maximum Gasteiger partial charge on any atom is 0.244 e. The van der Waals surface area contributed by atoms with Crippen molar-refractivity contribution in [3.05, 3.63) is 29.8 Å². The number of hydrogen-bond donors (Lipinski definition) is 1.